The molecule has 4 N–H and O–H groups in total. The van der Waals surface area contributed by atoms with E-state index < -0.39 is 5.97 Å². The molecule has 0 atom stereocenters. The van der Waals surface area contributed by atoms with Crippen molar-refractivity contribution in [3.8, 4) is 0 Å². The second-order valence-corrected chi connectivity index (χ2v) is 13.7. The van der Waals surface area contributed by atoms with E-state index in [1.807, 2.05) is 65.9 Å². The predicted octanol–water partition coefficient (Wildman–Crippen LogP) is 8.64. The number of hydrogen-bond acceptors (Lipinski definition) is 8. The van der Waals surface area contributed by atoms with Crippen LogP contribution in [-0.4, -0.2) is 38.2 Å². The van der Waals surface area contributed by atoms with Gasteiger partial charge in [-0.1, -0.05) is 56.1 Å². The molecule has 0 spiro atoms. The summed E-state index contributed by atoms with van der Waals surface area (Å²) < 4.78 is 13.2. The van der Waals surface area contributed by atoms with Crippen molar-refractivity contribution in [2.24, 2.45) is 4.99 Å². The van der Waals surface area contributed by atoms with Crippen molar-refractivity contribution < 1.29 is 23.9 Å². The van der Waals surface area contributed by atoms with Gasteiger partial charge in [-0.15, -0.1) is 0 Å². The number of esters is 2. The molecule has 12 heteroatoms. The number of rotatable bonds is 4. The summed E-state index contributed by atoms with van der Waals surface area (Å²) in [7, 11) is 2.71. The van der Waals surface area contributed by atoms with Crippen molar-refractivity contribution in [1.29, 1.82) is 0 Å². The van der Waals surface area contributed by atoms with Crippen LogP contribution in [0.3, 0.4) is 0 Å². The Hall–Kier alpha value is -2.82. The zero-order valence-electron chi connectivity index (χ0n) is 24.7. The Bertz CT molecular complexity index is 1790. The lowest BCUT2D eigenvalue weighted by Crippen LogP contribution is -2.05. The van der Waals surface area contributed by atoms with Gasteiger partial charge in [-0.25, -0.2) is 9.59 Å². The summed E-state index contributed by atoms with van der Waals surface area (Å²) >= 11 is 11.2. The van der Waals surface area contributed by atoms with Crippen LogP contribution in [0.4, 0.5) is 17.1 Å². The lowest BCUT2D eigenvalue weighted by atomic mass is 10.00. The number of halogens is 4. The lowest BCUT2D eigenvalue weighted by Gasteiger charge is -2.07. The van der Waals surface area contributed by atoms with E-state index in [0.717, 1.165) is 56.9 Å². The number of anilines is 2. The number of aldehydes is 1. The standard InChI is InChI=1S/C17H13BrINO2.C8H7BrO.C8H9IN2O2/c1-9-11(4-3-5-13(9)18)16-8-12-14(19)6-10(17(21)22-2)7-15(12)20-16;1-6-7(5-10)3-2-4-8(6)9;1-13-8(12)4-2-5(9)7(11)6(10)3-4/h3-7H,8H2,1-2H3;2-5H,1H3;2-3H,10-11H2,1H3. The highest BCUT2D eigenvalue weighted by molar-refractivity contribution is 14.1. The van der Waals surface area contributed by atoms with Crippen LogP contribution in [0.5, 0.6) is 0 Å². The molecule has 0 aromatic heterocycles. The van der Waals surface area contributed by atoms with Crippen LogP contribution in [-0.2, 0) is 15.9 Å². The molecule has 45 heavy (non-hydrogen) atoms. The molecule has 0 bridgehead atoms. The van der Waals surface area contributed by atoms with Crippen LogP contribution in [0, 0.1) is 21.0 Å². The topological polar surface area (TPSA) is 134 Å². The summed E-state index contributed by atoms with van der Waals surface area (Å²) in [6, 6.07) is 18.5. The minimum atomic E-state index is -0.412. The summed E-state index contributed by atoms with van der Waals surface area (Å²) in [4.78, 5) is 37.9. The number of nitrogens with zero attached hydrogens (tertiary/aromatic N) is 1. The second kappa shape index (κ2) is 16.7. The number of nitrogens with two attached hydrogens (primary N) is 2. The molecule has 8 nitrogen and oxygen atoms in total. The molecule has 4 aromatic carbocycles. The van der Waals surface area contributed by atoms with Gasteiger partial charge in [0.2, 0.25) is 0 Å². The van der Waals surface area contributed by atoms with Gasteiger partial charge in [0.25, 0.3) is 0 Å². The van der Waals surface area contributed by atoms with Gasteiger partial charge in [0.05, 0.1) is 48.1 Å². The van der Waals surface area contributed by atoms with Gasteiger partial charge in [0, 0.05) is 33.6 Å². The molecule has 1 aliphatic heterocycles. The molecular weight excluding hydrogens is 932 g/mol. The smallest absolute Gasteiger partial charge is 0.337 e. The van der Waals surface area contributed by atoms with E-state index >= 15 is 0 Å². The lowest BCUT2D eigenvalue weighted by molar-refractivity contribution is 0.0592. The quantitative estimate of drug-likeness (QED) is 0.0906. The normalized spacial score (nSPS) is 11.2. The maximum atomic E-state index is 11.7. The Labute approximate surface area is 305 Å². The van der Waals surface area contributed by atoms with E-state index in [1.54, 1.807) is 12.1 Å². The zero-order chi connectivity index (χ0) is 33.4. The van der Waals surface area contributed by atoms with Crippen molar-refractivity contribution in [2.75, 3.05) is 25.7 Å². The van der Waals surface area contributed by atoms with E-state index in [-0.39, 0.29) is 5.97 Å². The maximum Gasteiger partial charge on any atom is 0.337 e. The number of ether oxygens (including phenoxy) is 2. The first-order valence-electron chi connectivity index (χ1n) is 13.2. The highest BCUT2D eigenvalue weighted by Crippen LogP contribution is 2.35. The number of aliphatic imine (C=N–C) groups is 1. The fourth-order valence-electron chi connectivity index (χ4n) is 4.19. The van der Waals surface area contributed by atoms with Crippen LogP contribution >= 0.6 is 77.0 Å². The summed E-state index contributed by atoms with van der Waals surface area (Å²) in [5, 5.41) is 0. The van der Waals surface area contributed by atoms with Gasteiger partial charge in [-0.2, -0.15) is 0 Å². The van der Waals surface area contributed by atoms with Gasteiger partial charge in [0.15, 0.2) is 0 Å². The fourth-order valence-corrected chi connectivity index (χ4v) is 6.38. The Morgan fingerprint density at radius 2 is 1.40 bits per heavy atom. The second-order valence-electron chi connectivity index (χ2n) is 9.62. The number of benzene rings is 4. The third-order valence-electron chi connectivity index (χ3n) is 6.79. The highest BCUT2D eigenvalue weighted by atomic mass is 127. The van der Waals surface area contributed by atoms with E-state index in [9.17, 15) is 14.4 Å². The first kappa shape index (κ1) is 36.6. The maximum absolute atomic E-state index is 11.7. The third-order valence-corrected chi connectivity index (χ3v) is 10.4. The van der Waals surface area contributed by atoms with E-state index in [0.29, 0.717) is 22.5 Å². The summed E-state index contributed by atoms with van der Waals surface area (Å²) in [6.07, 6.45) is 1.65. The number of carbonyl (C=O) groups is 3. The Morgan fingerprint density at radius 1 is 0.844 bits per heavy atom. The minimum Gasteiger partial charge on any atom is -0.465 e. The van der Waals surface area contributed by atoms with Gasteiger partial charge in [0.1, 0.15) is 6.29 Å². The number of methoxy groups -OCH3 is 2. The molecule has 4 aromatic rings. The predicted molar refractivity (Wildman–Crippen MR) is 203 cm³/mol. The number of hydrogen-bond donors (Lipinski definition) is 2. The molecule has 0 amide bonds. The number of fused-ring (bicyclic) bond motifs is 1. The van der Waals surface area contributed by atoms with Crippen LogP contribution in [0.1, 0.15) is 53.3 Å². The highest BCUT2D eigenvalue weighted by Gasteiger charge is 2.22. The molecule has 0 radical (unpaired) electrons. The average molecular weight is 961 g/mol. The first-order chi connectivity index (χ1) is 21.3. The number of nitrogen functional groups attached to an aromatic ring is 2. The van der Waals surface area contributed by atoms with Crippen molar-refractivity contribution in [3.63, 3.8) is 0 Å². The van der Waals surface area contributed by atoms with E-state index in [1.165, 1.54) is 31.4 Å². The Kier molecular flexibility index (Phi) is 13.6. The van der Waals surface area contributed by atoms with Gasteiger partial charge < -0.3 is 20.9 Å². The van der Waals surface area contributed by atoms with Crippen LogP contribution < -0.4 is 11.5 Å². The monoisotopic (exact) mass is 959 g/mol. The first-order valence-corrected chi connectivity index (χ1v) is 16.9. The van der Waals surface area contributed by atoms with Gasteiger partial charge in [-0.3, -0.25) is 9.79 Å². The third kappa shape index (κ3) is 9.14. The van der Waals surface area contributed by atoms with Crippen LogP contribution in [0.25, 0.3) is 0 Å². The molecule has 5 rings (SSSR count). The molecule has 1 aliphatic rings. The van der Waals surface area contributed by atoms with Crippen LogP contribution in [0.2, 0.25) is 0 Å². The van der Waals surface area contributed by atoms with E-state index in [4.69, 9.17) is 21.2 Å². The molecule has 0 saturated heterocycles. The Morgan fingerprint density at radius 3 is 1.96 bits per heavy atom. The molecule has 1 heterocycles. The average Bonchev–Trinajstić information content (AvgIpc) is 3.47. The minimum absolute atomic E-state index is 0.331. The Balaban J connectivity index is 0.000000204. The van der Waals surface area contributed by atoms with Gasteiger partial charge in [-0.05, 0) is 112 Å². The SMILES string of the molecule is COC(=O)c1cc(I)c2c(c1)N=C(c1cccc(Br)c1C)C2.COC(=O)c1cc(N)c(N)c(I)c1.Cc1c(Br)cccc1C=O. The van der Waals surface area contributed by atoms with Crippen molar-refractivity contribution in [3.05, 3.63) is 116 Å². The molecule has 0 aliphatic carbocycles. The summed E-state index contributed by atoms with van der Waals surface area (Å²) in [5.41, 5.74) is 20.2. The molecule has 0 unspecified atom stereocenters. The van der Waals surface area contributed by atoms with Crippen LogP contribution in [0.15, 0.2) is 74.6 Å². The number of carbonyl (C=O) groups excluding carboxylic acids is 3. The molecule has 0 fully saturated rings. The molecule has 234 valence electrons. The van der Waals surface area contributed by atoms with E-state index in [2.05, 4.69) is 72.2 Å². The zero-order valence-corrected chi connectivity index (χ0v) is 32.2. The largest absolute Gasteiger partial charge is 0.465 e. The van der Waals surface area contributed by atoms with Crippen molar-refractivity contribution in [2.45, 2.75) is 20.3 Å². The molecule has 0 saturated carbocycles. The summed E-state index contributed by atoms with van der Waals surface area (Å²) in [6.45, 7) is 3.99. The van der Waals surface area contributed by atoms with Gasteiger partial charge >= 0.3 is 11.9 Å². The molecular formula is C33H29Br2I2N3O5. The van der Waals surface area contributed by atoms with Crippen molar-refractivity contribution in [1.82, 2.24) is 0 Å². The van der Waals surface area contributed by atoms with Crippen molar-refractivity contribution >= 4 is 118 Å². The summed E-state index contributed by atoms with van der Waals surface area (Å²) in [5.74, 6) is -0.743. The fraction of sp³-hybridized carbons (Fsp3) is 0.152.